The van der Waals surface area contributed by atoms with Gasteiger partial charge in [-0.25, -0.2) is 0 Å². The fourth-order valence-electron chi connectivity index (χ4n) is 1.43. The SMILES string of the molecule is CCCC(C(=O)O)N(C)C(C)(C)CC. The van der Waals surface area contributed by atoms with Crippen LogP contribution < -0.4 is 0 Å². The van der Waals surface area contributed by atoms with Crippen LogP contribution in [0.1, 0.15) is 47.0 Å². The second-order valence-corrected chi connectivity index (χ2v) is 4.42. The van der Waals surface area contributed by atoms with Crippen molar-refractivity contribution in [2.24, 2.45) is 0 Å². The van der Waals surface area contributed by atoms with Crippen LogP contribution in [-0.2, 0) is 4.79 Å². The molecule has 14 heavy (non-hydrogen) atoms. The molecule has 0 aliphatic heterocycles. The summed E-state index contributed by atoms with van der Waals surface area (Å²) in [6.45, 7) is 8.27. The summed E-state index contributed by atoms with van der Waals surface area (Å²) in [5.41, 5.74) is -0.0434. The van der Waals surface area contributed by atoms with Crippen molar-refractivity contribution in [2.45, 2.75) is 58.5 Å². The molecule has 0 aliphatic rings. The predicted octanol–water partition coefficient (Wildman–Crippen LogP) is 2.36. The molecule has 0 aromatic rings. The largest absolute Gasteiger partial charge is 0.480 e. The first-order valence-corrected chi connectivity index (χ1v) is 5.32. The molecule has 0 fully saturated rings. The van der Waals surface area contributed by atoms with E-state index in [1.165, 1.54) is 0 Å². The molecule has 0 amide bonds. The zero-order valence-corrected chi connectivity index (χ0v) is 10.0. The van der Waals surface area contributed by atoms with Gasteiger partial charge in [0.2, 0.25) is 0 Å². The van der Waals surface area contributed by atoms with Gasteiger partial charge < -0.3 is 5.11 Å². The molecule has 3 nitrogen and oxygen atoms in total. The maximum Gasteiger partial charge on any atom is 0.320 e. The lowest BCUT2D eigenvalue weighted by Gasteiger charge is -2.38. The second kappa shape index (κ2) is 5.35. The minimum Gasteiger partial charge on any atom is -0.480 e. The predicted molar refractivity (Wildman–Crippen MR) is 58.5 cm³/mol. The van der Waals surface area contributed by atoms with E-state index in [1.54, 1.807) is 0 Å². The van der Waals surface area contributed by atoms with Gasteiger partial charge in [-0.05, 0) is 33.7 Å². The van der Waals surface area contributed by atoms with Gasteiger partial charge in [0.1, 0.15) is 6.04 Å². The molecule has 0 saturated heterocycles. The number of hydrogen-bond acceptors (Lipinski definition) is 2. The van der Waals surface area contributed by atoms with Gasteiger partial charge in [-0.2, -0.15) is 0 Å². The van der Waals surface area contributed by atoms with Crippen LogP contribution in [-0.4, -0.2) is 34.6 Å². The third kappa shape index (κ3) is 3.29. The standard InChI is InChI=1S/C11H23NO2/c1-6-8-9(10(13)14)12(5)11(3,4)7-2/h9H,6-8H2,1-5H3,(H,13,14). The number of aliphatic carboxylic acids is 1. The molecule has 0 bridgehead atoms. The summed E-state index contributed by atoms with van der Waals surface area (Å²) in [7, 11) is 1.90. The fourth-order valence-corrected chi connectivity index (χ4v) is 1.43. The minimum atomic E-state index is -0.712. The first kappa shape index (κ1) is 13.4. The highest BCUT2D eigenvalue weighted by atomic mass is 16.4. The van der Waals surface area contributed by atoms with Gasteiger partial charge in [-0.3, -0.25) is 9.69 Å². The molecule has 0 rings (SSSR count). The molecule has 1 N–H and O–H groups in total. The summed E-state index contributed by atoms with van der Waals surface area (Å²) in [6, 6.07) is -0.352. The maximum atomic E-state index is 11.1. The van der Waals surface area contributed by atoms with Crippen molar-refractivity contribution < 1.29 is 9.90 Å². The number of carbonyl (C=O) groups is 1. The summed E-state index contributed by atoms with van der Waals surface area (Å²) in [4.78, 5) is 13.0. The van der Waals surface area contributed by atoms with E-state index in [1.807, 2.05) is 18.9 Å². The smallest absolute Gasteiger partial charge is 0.320 e. The van der Waals surface area contributed by atoms with E-state index >= 15 is 0 Å². The third-order valence-corrected chi connectivity index (χ3v) is 3.13. The van der Waals surface area contributed by atoms with Crippen molar-refractivity contribution in [3.05, 3.63) is 0 Å². The Morgan fingerprint density at radius 2 is 1.93 bits per heavy atom. The highest BCUT2D eigenvalue weighted by Gasteiger charge is 2.31. The minimum absolute atomic E-state index is 0.0434. The van der Waals surface area contributed by atoms with Crippen molar-refractivity contribution in [3.8, 4) is 0 Å². The van der Waals surface area contributed by atoms with Gasteiger partial charge in [-0.1, -0.05) is 20.3 Å². The molecular formula is C11H23NO2. The van der Waals surface area contributed by atoms with Gasteiger partial charge in [-0.15, -0.1) is 0 Å². The van der Waals surface area contributed by atoms with E-state index in [-0.39, 0.29) is 11.6 Å². The molecule has 0 saturated carbocycles. The van der Waals surface area contributed by atoms with Crippen molar-refractivity contribution in [3.63, 3.8) is 0 Å². The van der Waals surface area contributed by atoms with Crippen LogP contribution in [0.2, 0.25) is 0 Å². The van der Waals surface area contributed by atoms with E-state index in [2.05, 4.69) is 20.8 Å². The Hall–Kier alpha value is -0.570. The van der Waals surface area contributed by atoms with Crippen molar-refractivity contribution >= 4 is 5.97 Å². The Morgan fingerprint density at radius 1 is 1.43 bits per heavy atom. The Labute approximate surface area is 87.1 Å². The molecule has 0 spiro atoms. The van der Waals surface area contributed by atoms with E-state index in [9.17, 15) is 4.79 Å². The average molecular weight is 201 g/mol. The molecule has 0 aliphatic carbocycles. The van der Waals surface area contributed by atoms with Crippen LogP contribution in [0, 0.1) is 0 Å². The fraction of sp³-hybridized carbons (Fsp3) is 0.909. The first-order valence-electron chi connectivity index (χ1n) is 5.32. The van der Waals surface area contributed by atoms with Crippen LogP contribution >= 0.6 is 0 Å². The maximum absolute atomic E-state index is 11.1. The first-order chi connectivity index (χ1) is 6.36. The Kier molecular flexibility index (Phi) is 5.13. The number of hydrogen-bond donors (Lipinski definition) is 1. The van der Waals surface area contributed by atoms with Crippen LogP contribution in [0.3, 0.4) is 0 Å². The van der Waals surface area contributed by atoms with E-state index in [0.29, 0.717) is 0 Å². The molecular weight excluding hydrogens is 178 g/mol. The van der Waals surface area contributed by atoms with Crippen molar-refractivity contribution in [2.75, 3.05) is 7.05 Å². The third-order valence-electron chi connectivity index (χ3n) is 3.13. The summed E-state index contributed by atoms with van der Waals surface area (Å²) >= 11 is 0. The topological polar surface area (TPSA) is 40.5 Å². The van der Waals surface area contributed by atoms with Crippen LogP contribution in [0.15, 0.2) is 0 Å². The number of nitrogens with zero attached hydrogens (tertiary/aromatic N) is 1. The summed E-state index contributed by atoms with van der Waals surface area (Å²) in [6.07, 6.45) is 2.58. The van der Waals surface area contributed by atoms with Crippen molar-refractivity contribution in [1.82, 2.24) is 4.90 Å². The zero-order valence-electron chi connectivity index (χ0n) is 10.0. The number of carboxylic acids is 1. The molecule has 0 aromatic heterocycles. The Morgan fingerprint density at radius 3 is 2.21 bits per heavy atom. The molecule has 3 heteroatoms. The molecule has 1 unspecified atom stereocenters. The highest BCUT2D eigenvalue weighted by molar-refractivity contribution is 5.73. The Bertz CT molecular complexity index is 190. The van der Waals surface area contributed by atoms with Gasteiger partial charge in [0, 0.05) is 5.54 Å². The summed E-state index contributed by atoms with van der Waals surface area (Å²) in [5, 5.41) is 9.09. The number of likely N-dealkylation sites (N-methyl/N-ethyl adjacent to an activating group) is 1. The second-order valence-electron chi connectivity index (χ2n) is 4.42. The number of rotatable bonds is 6. The van der Waals surface area contributed by atoms with E-state index < -0.39 is 5.97 Å². The van der Waals surface area contributed by atoms with Crippen LogP contribution in [0.4, 0.5) is 0 Å². The van der Waals surface area contributed by atoms with Crippen LogP contribution in [0.25, 0.3) is 0 Å². The van der Waals surface area contributed by atoms with Gasteiger partial charge in [0.05, 0.1) is 0 Å². The van der Waals surface area contributed by atoms with Gasteiger partial charge >= 0.3 is 5.97 Å². The van der Waals surface area contributed by atoms with Gasteiger partial charge in [0.15, 0.2) is 0 Å². The van der Waals surface area contributed by atoms with Crippen molar-refractivity contribution in [1.29, 1.82) is 0 Å². The lowest BCUT2D eigenvalue weighted by Crippen LogP contribution is -2.50. The lowest BCUT2D eigenvalue weighted by molar-refractivity contribution is -0.145. The normalized spacial score (nSPS) is 14.4. The van der Waals surface area contributed by atoms with Crippen LogP contribution in [0.5, 0.6) is 0 Å². The quantitative estimate of drug-likeness (QED) is 0.717. The molecule has 0 radical (unpaired) electrons. The van der Waals surface area contributed by atoms with E-state index in [0.717, 1.165) is 19.3 Å². The molecule has 1 atom stereocenters. The van der Waals surface area contributed by atoms with Gasteiger partial charge in [0.25, 0.3) is 0 Å². The number of carboxylic acid groups (broad SMARTS) is 1. The molecule has 0 heterocycles. The summed E-state index contributed by atoms with van der Waals surface area (Å²) in [5.74, 6) is -0.712. The van der Waals surface area contributed by atoms with E-state index in [4.69, 9.17) is 5.11 Å². The molecule has 84 valence electrons. The average Bonchev–Trinajstić information content (AvgIpc) is 2.12. The summed E-state index contributed by atoms with van der Waals surface area (Å²) < 4.78 is 0. The highest BCUT2D eigenvalue weighted by Crippen LogP contribution is 2.21. The lowest BCUT2D eigenvalue weighted by atomic mass is 9.96. The molecule has 0 aromatic carbocycles. The Balaban J connectivity index is 4.58. The monoisotopic (exact) mass is 201 g/mol. The zero-order chi connectivity index (χ0) is 11.4.